The Kier molecular flexibility index (Phi) is 7.06. The summed E-state index contributed by atoms with van der Waals surface area (Å²) in [7, 11) is 0. The Morgan fingerprint density at radius 2 is 1.02 bits per heavy atom. The molecule has 0 amide bonds. The molecule has 0 fully saturated rings. The molecule has 238 valence electrons. The first-order valence-electron chi connectivity index (χ1n) is 19.0. The first kappa shape index (κ1) is 28.8. The quantitative estimate of drug-likeness (QED) is 0.294. The molecule has 0 aliphatic heterocycles. The fraction of sp³-hybridized carbons (Fsp3) is 0.333. The van der Waals surface area contributed by atoms with Gasteiger partial charge in [0.2, 0.25) is 0 Å². The SMILES string of the molecule is C1=CC(C2=CC3C4=C(CCC=C4)C4=C(C=CCC4)C3C=C2)CC(C2=CC(C3=CC4C5=C(CCC=C5)C5=C(C=CCC5)C4C=C3)=CCC2)=C1. The predicted molar refractivity (Wildman–Crippen MR) is 201 cm³/mol. The van der Waals surface area contributed by atoms with Crippen molar-refractivity contribution in [2.75, 3.05) is 0 Å². The van der Waals surface area contributed by atoms with E-state index in [2.05, 4.69) is 115 Å². The van der Waals surface area contributed by atoms with E-state index in [1.165, 1.54) is 79.2 Å². The molecule has 0 aromatic rings. The topological polar surface area (TPSA) is 0 Å². The molecule has 10 rings (SSSR count). The molecular formula is C48H46. The lowest BCUT2D eigenvalue weighted by Crippen LogP contribution is -2.27. The third-order valence-corrected chi connectivity index (χ3v) is 12.8. The normalized spacial score (nSPS) is 32.8. The smallest absolute Gasteiger partial charge is 0.0134 e. The zero-order valence-corrected chi connectivity index (χ0v) is 28.1. The summed E-state index contributed by atoms with van der Waals surface area (Å²) in [5.74, 6) is 2.35. The van der Waals surface area contributed by atoms with Crippen molar-refractivity contribution in [2.45, 2.75) is 70.6 Å². The second-order valence-corrected chi connectivity index (χ2v) is 15.4. The standard InChI is InChI=1S/C48H46/c1-3-19-41-37(15-1)39-17-5-7-21-43(39)47-29-35(23-25-45(41)47)33-13-9-11-31(27-33)32-12-10-14-34(28-32)36-24-26-46-42-20-4-2-16-38(42)40-18-6-8-22-44(40)48(46)30-36/h3-4,7-9,11,13-14,19-26,28-30,33,45-48H,1-2,5-6,10,12,15-18,27H2. The molecule has 5 unspecified atom stereocenters. The fourth-order valence-corrected chi connectivity index (χ4v) is 10.6. The molecule has 0 saturated heterocycles. The first-order valence-corrected chi connectivity index (χ1v) is 19.0. The van der Waals surface area contributed by atoms with Crippen LogP contribution in [0.1, 0.15) is 70.6 Å². The van der Waals surface area contributed by atoms with Crippen LogP contribution in [0.15, 0.2) is 188 Å². The summed E-state index contributed by atoms with van der Waals surface area (Å²) in [5.41, 5.74) is 20.5. The van der Waals surface area contributed by atoms with Crippen LogP contribution in [0, 0.1) is 29.6 Å². The number of hydrogen-bond donors (Lipinski definition) is 0. The van der Waals surface area contributed by atoms with Crippen molar-refractivity contribution in [3.63, 3.8) is 0 Å². The van der Waals surface area contributed by atoms with Crippen LogP contribution < -0.4 is 0 Å². The van der Waals surface area contributed by atoms with Crippen molar-refractivity contribution < 1.29 is 0 Å². The molecule has 0 heterocycles. The summed E-state index contributed by atoms with van der Waals surface area (Å²) in [6.45, 7) is 0. The Hall–Kier alpha value is -4.16. The van der Waals surface area contributed by atoms with Gasteiger partial charge in [-0.2, -0.15) is 0 Å². The van der Waals surface area contributed by atoms with E-state index >= 15 is 0 Å². The molecule has 0 bridgehead atoms. The summed E-state index contributed by atoms with van der Waals surface area (Å²) in [5, 5.41) is 0. The third kappa shape index (κ3) is 4.70. The van der Waals surface area contributed by atoms with Crippen molar-refractivity contribution in [3.8, 4) is 0 Å². The second kappa shape index (κ2) is 11.8. The maximum atomic E-state index is 2.66. The number of fused-ring (bicyclic) bond motifs is 8. The molecule has 0 aromatic carbocycles. The largest absolute Gasteiger partial charge is 0.0839 e. The Morgan fingerprint density at radius 3 is 1.65 bits per heavy atom. The zero-order chi connectivity index (χ0) is 31.6. The summed E-state index contributed by atoms with van der Waals surface area (Å²) >= 11 is 0. The number of rotatable bonds is 3. The highest BCUT2D eigenvalue weighted by molar-refractivity contribution is 5.63. The Labute approximate surface area is 287 Å². The van der Waals surface area contributed by atoms with Crippen LogP contribution in [-0.4, -0.2) is 0 Å². The number of hydrogen-bond acceptors (Lipinski definition) is 0. The van der Waals surface area contributed by atoms with Crippen LogP contribution in [0.4, 0.5) is 0 Å². The Balaban J connectivity index is 0.910. The molecule has 0 heteroatoms. The van der Waals surface area contributed by atoms with Gasteiger partial charge in [0.15, 0.2) is 0 Å². The highest BCUT2D eigenvalue weighted by atomic mass is 14.4. The van der Waals surface area contributed by atoms with Gasteiger partial charge in [0.05, 0.1) is 0 Å². The molecule has 48 heavy (non-hydrogen) atoms. The zero-order valence-electron chi connectivity index (χ0n) is 28.1. The van der Waals surface area contributed by atoms with E-state index in [1.54, 1.807) is 44.6 Å². The predicted octanol–water partition coefficient (Wildman–Crippen LogP) is 12.2. The lowest BCUT2D eigenvalue weighted by molar-refractivity contribution is 0.566. The monoisotopic (exact) mass is 622 g/mol. The molecule has 0 aromatic heterocycles. The Morgan fingerprint density at radius 1 is 0.458 bits per heavy atom. The van der Waals surface area contributed by atoms with Crippen molar-refractivity contribution in [1.82, 2.24) is 0 Å². The third-order valence-electron chi connectivity index (χ3n) is 12.8. The molecule has 5 atom stereocenters. The van der Waals surface area contributed by atoms with Gasteiger partial charge in [-0.05, 0) is 143 Å². The van der Waals surface area contributed by atoms with Crippen LogP contribution in [-0.2, 0) is 0 Å². The van der Waals surface area contributed by atoms with Crippen molar-refractivity contribution in [3.05, 3.63) is 188 Å². The van der Waals surface area contributed by atoms with Gasteiger partial charge in [0.25, 0.3) is 0 Å². The minimum Gasteiger partial charge on any atom is -0.0839 e. The molecule has 0 N–H and O–H groups in total. The first-order chi connectivity index (χ1) is 23.8. The van der Waals surface area contributed by atoms with E-state index in [-0.39, 0.29) is 0 Å². The second-order valence-electron chi connectivity index (χ2n) is 15.4. The van der Waals surface area contributed by atoms with Crippen molar-refractivity contribution >= 4 is 0 Å². The highest BCUT2D eigenvalue weighted by Gasteiger charge is 2.38. The molecule has 0 nitrogen and oxygen atoms in total. The fourth-order valence-electron chi connectivity index (χ4n) is 10.6. The molecule has 10 aliphatic rings. The molecule has 10 aliphatic carbocycles. The van der Waals surface area contributed by atoms with Crippen LogP contribution >= 0.6 is 0 Å². The van der Waals surface area contributed by atoms with Gasteiger partial charge in [-0.25, -0.2) is 0 Å². The minimum absolute atomic E-state index is 0.442. The molecule has 0 spiro atoms. The van der Waals surface area contributed by atoms with E-state index in [0.29, 0.717) is 29.6 Å². The molecule has 0 radical (unpaired) electrons. The molecular weight excluding hydrogens is 577 g/mol. The highest BCUT2D eigenvalue weighted by Crippen LogP contribution is 2.51. The molecule has 0 saturated carbocycles. The van der Waals surface area contributed by atoms with Crippen molar-refractivity contribution in [2.24, 2.45) is 29.6 Å². The van der Waals surface area contributed by atoms with Crippen LogP contribution in [0.3, 0.4) is 0 Å². The van der Waals surface area contributed by atoms with Gasteiger partial charge in [0, 0.05) is 29.6 Å². The summed E-state index contributed by atoms with van der Waals surface area (Å²) in [4.78, 5) is 0. The van der Waals surface area contributed by atoms with E-state index in [0.717, 1.165) is 19.3 Å². The van der Waals surface area contributed by atoms with Gasteiger partial charge in [-0.15, -0.1) is 0 Å². The van der Waals surface area contributed by atoms with Crippen LogP contribution in [0.2, 0.25) is 0 Å². The average molecular weight is 623 g/mol. The van der Waals surface area contributed by atoms with Gasteiger partial charge < -0.3 is 0 Å². The number of allylic oxidation sites excluding steroid dienone is 32. The summed E-state index contributed by atoms with van der Waals surface area (Å²) in [6, 6.07) is 0. The maximum Gasteiger partial charge on any atom is 0.0134 e. The minimum atomic E-state index is 0.442. The average Bonchev–Trinajstić information content (AvgIpc) is 3.18. The summed E-state index contributed by atoms with van der Waals surface area (Å²) in [6.07, 6.45) is 60.0. The van der Waals surface area contributed by atoms with E-state index in [4.69, 9.17) is 0 Å². The van der Waals surface area contributed by atoms with Gasteiger partial charge in [-0.3, -0.25) is 0 Å². The van der Waals surface area contributed by atoms with E-state index < -0.39 is 0 Å². The van der Waals surface area contributed by atoms with Crippen molar-refractivity contribution in [1.29, 1.82) is 0 Å². The van der Waals surface area contributed by atoms with Gasteiger partial charge in [0.1, 0.15) is 0 Å². The summed E-state index contributed by atoms with van der Waals surface area (Å²) < 4.78 is 0. The van der Waals surface area contributed by atoms with E-state index in [1.807, 2.05) is 0 Å². The van der Waals surface area contributed by atoms with Gasteiger partial charge in [-0.1, -0.05) is 115 Å². The lowest BCUT2D eigenvalue weighted by Gasteiger charge is -2.40. The van der Waals surface area contributed by atoms with Crippen LogP contribution in [0.25, 0.3) is 0 Å². The van der Waals surface area contributed by atoms with Crippen LogP contribution in [0.5, 0.6) is 0 Å². The Bertz CT molecular complexity index is 1990. The maximum absolute atomic E-state index is 2.66. The van der Waals surface area contributed by atoms with Gasteiger partial charge >= 0.3 is 0 Å². The van der Waals surface area contributed by atoms with E-state index in [9.17, 15) is 0 Å². The lowest BCUT2D eigenvalue weighted by atomic mass is 9.64.